The Morgan fingerprint density at radius 3 is 2.21 bits per heavy atom. The molecule has 2 bridgehead atoms. The number of carboxylic acid groups (broad SMARTS) is 1. The van der Waals surface area contributed by atoms with E-state index in [0.717, 1.165) is 19.3 Å². The molecule has 7 heteroatoms. The first kappa shape index (κ1) is 16.9. The lowest BCUT2D eigenvalue weighted by Gasteiger charge is -2.51. The van der Waals surface area contributed by atoms with Gasteiger partial charge in [0.15, 0.2) is 0 Å². The maximum absolute atomic E-state index is 12.3. The molecule has 132 valence electrons. The summed E-state index contributed by atoms with van der Waals surface area (Å²) in [6.45, 7) is 0.387. The fraction of sp³-hybridized carbons (Fsp3) is 0.588. The van der Waals surface area contributed by atoms with Crippen molar-refractivity contribution in [3.63, 3.8) is 0 Å². The number of hydrogen-bond donors (Lipinski definition) is 1. The number of halogens is 3. The Kier molecular flexibility index (Phi) is 4.13. The number of rotatable bonds is 5. The standard InChI is InChI=1S/C17H19F3O4/c18-17(19,20)24-13-3-1-2-12(10-13)23-11-15-4-7-16(8-5-15,9-6-15)14(21)22/h1-3,10H,4-9,11H2,(H,21,22). The summed E-state index contributed by atoms with van der Waals surface area (Å²) in [7, 11) is 0. The Bertz CT molecular complexity index is 602. The number of aliphatic carboxylic acids is 1. The van der Waals surface area contributed by atoms with E-state index in [4.69, 9.17) is 4.74 Å². The third-order valence-corrected chi connectivity index (χ3v) is 5.44. The largest absolute Gasteiger partial charge is 0.573 e. The first-order valence-electron chi connectivity index (χ1n) is 7.94. The van der Waals surface area contributed by atoms with E-state index in [1.54, 1.807) is 6.07 Å². The van der Waals surface area contributed by atoms with Crippen LogP contribution in [0.3, 0.4) is 0 Å². The van der Waals surface area contributed by atoms with Gasteiger partial charge in [0, 0.05) is 11.5 Å². The molecule has 1 aromatic rings. The van der Waals surface area contributed by atoms with Gasteiger partial charge in [0.05, 0.1) is 12.0 Å². The molecule has 3 saturated carbocycles. The van der Waals surface area contributed by atoms with Gasteiger partial charge in [0.25, 0.3) is 0 Å². The average Bonchev–Trinajstić information content (AvgIpc) is 2.53. The van der Waals surface area contributed by atoms with Gasteiger partial charge in [-0.1, -0.05) is 6.07 Å². The van der Waals surface area contributed by atoms with Crippen LogP contribution in [0.15, 0.2) is 24.3 Å². The maximum Gasteiger partial charge on any atom is 0.573 e. The van der Waals surface area contributed by atoms with Crippen molar-refractivity contribution >= 4 is 5.97 Å². The van der Waals surface area contributed by atoms with Crippen molar-refractivity contribution in [1.82, 2.24) is 0 Å². The SMILES string of the molecule is O=C(O)C12CCC(COc3cccc(OC(F)(F)F)c3)(CC1)CC2. The predicted molar refractivity (Wildman–Crippen MR) is 78.8 cm³/mol. The molecule has 0 atom stereocenters. The number of alkyl halides is 3. The monoisotopic (exact) mass is 344 g/mol. The summed E-state index contributed by atoms with van der Waals surface area (Å²) in [4.78, 5) is 11.4. The van der Waals surface area contributed by atoms with Crippen molar-refractivity contribution < 1.29 is 32.5 Å². The molecule has 3 aliphatic rings. The van der Waals surface area contributed by atoms with E-state index in [2.05, 4.69) is 4.74 Å². The van der Waals surface area contributed by atoms with Gasteiger partial charge in [-0.05, 0) is 50.7 Å². The number of benzene rings is 1. The molecule has 1 aromatic carbocycles. The van der Waals surface area contributed by atoms with Crippen molar-refractivity contribution in [2.45, 2.75) is 44.9 Å². The predicted octanol–water partition coefficient (Wildman–Crippen LogP) is 4.39. The van der Waals surface area contributed by atoms with E-state index in [9.17, 15) is 23.1 Å². The first-order chi connectivity index (χ1) is 11.2. The lowest BCUT2D eigenvalue weighted by atomic mass is 9.54. The molecular formula is C17H19F3O4. The lowest BCUT2D eigenvalue weighted by Crippen LogP contribution is -2.48. The van der Waals surface area contributed by atoms with Crippen molar-refractivity contribution in [3.8, 4) is 11.5 Å². The highest BCUT2D eigenvalue weighted by Crippen LogP contribution is 2.57. The number of fused-ring (bicyclic) bond motifs is 3. The Balaban J connectivity index is 1.61. The zero-order chi connectivity index (χ0) is 17.4. The van der Waals surface area contributed by atoms with E-state index in [-0.39, 0.29) is 11.2 Å². The molecule has 4 rings (SSSR count). The van der Waals surface area contributed by atoms with Crippen LogP contribution in [0.1, 0.15) is 38.5 Å². The van der Waals surface area contributed by atoms with Crippen LogP contribution in [-0.2, 0) is 4.79 Å². The van der Waals surface area contributed by atoms with Gasteiger partial charge in [-0.3, -0.25) is 4.79 Å². The van der Waals surface area contributed by atoms with E-state index >= 15 is 0 Å². The Hall–Kier alpha value is -1.92. The minimum Gasteiger partial charge on any atom is -0.493 e. The molecule has 3 aliphatic carbocycles. The minimum absolute atomic E-state index is 0.0713. The summed E-state index contributed by atoms with van der Waals surface area (Å²) in [5, 5.41) is 9.39. The zero-order valence-corrected chi connectivity index (χ0v) is 13.1. The molecule has 0 aliphatic heterocycles. The van der Waals surface area contributed by atoms with E-state index in [0.29, 0.717) is 31.6 Å². The van der Waals surface area contributed by atoms with Gasteiger partial charge in [-0.2, -0.15) is 0 Å². The summed E-state index contributed by atoms with van der Waals surface area (Å²) in [6.07, 6.45) is -0.479. The number of hydrogen-bond acceptors (Lipinski definition) is 3. The van der Waals surface area contributed by atoms with Crippen LogP contribution in [0.25, 0.3) is 0 Å². The smallest absolute Gasteiger partial charge is 0.493 e. The van der Waals surface area contributed by atoms with Crippen LogP contribution < -0.4 is 9.47 Å². The summed E-state index contributed by atoms with van der Waals surface area (Å²) in [5.74, 6) is -0.699. The van der Waals surface area contributed by atoms with Crippen LogP contribution in [0.5, 0.6) is 11.5 Å². The second kappa shape index (κ2) is 5.86. The van der Waals surface area contributed by atoms with Crippen molar-refractivity contribution in [3.05, 3.63) is 24.3 Å². The quantitative estimate of drug-likeness (QED) is 0.861. The Labute approximate surface area is 137 Å². The number of carboxylic acids is 1. The fourth-order valence-corrected chi connectivity index (χ4v) is 3.80. The number of carbonyl (C=O) groups is 1. The summed E-state index contributed by atoms with van der Waals surface area (Å²) >= 11 is 0. The Morgan fingerprint density at radius 2 is 1.67 bits per heavy atom. The van der Waals surface area contributed by atoms with Crippen LogP contribution in [-0.4, -0.2) is 24.0 Å². The molecule has 0 unspecified atom stereocenters. The zero-order valence-electron chi connectivity index (χ0n) is 13.1. The molecule has 0 spiro atoms. The third-order valence-electron chi connectivity index (χ3n) is 5.44. The van der Waals surface area contributed by atoms with Gasteiger partial charge in [0.2, 0.25) is 0 Å². The topological polar surface area (TPSA) is 55.8 Å². The normalized spacial score (nSPS) is 29.3. The van der Waals surface area contributed by atoms with Crippen molar-refractivity contribution in [2.24, 2.45) is 10.8 Å². The molecule has 0 heterocycles. The van der Waals surface area contributed by atoms with Gasteiger partial charge < -0.3 is 14.6 Å². The molecule has 0 radical (unpaired) electrons. The second-order valence-corrected chi connectivity index (χ2v) is 6.90. The summed E-state index contributed by atoms with van der Waals surface area (Å²) < 4.78 is 46.4. The summed E-state index contributed by atoms with van der Waals surface area (Å²) in [6, 6.07) is 5.48. The van der Waals surface area contributed by atoms with Crippen LogP contribution in [0.2, 0.25) is 0 Å². The highest BCUT2D eigenvalue weighted by atomic mass is 19.4. The van der Waals surface area contributed by atoms with Gasteiger partial charge in [0.1, 0.15) is 11.5 Å². The van der Waals surface area contributed by atoms with Crippen molar-refractivity contribution in [2.75, 3.05) is 6.61 Å². The van der Waals surface area contributed by atoms with E-state index in [1.165, 1.54) is 18.2 Å². The minimum atomic E-state index is -4.73. The Morgan fingerprint density at radius 1 is 1.08 bits per heavy atom. The fourth-order valence-electron chi connectivity index (χ4n) is 3.80. The van der Waals surface area contributed by atoms with Crippen molar-refractivity contribution in [1.29, 1.82) is 0 Å². The highest BCUT2D eigenvalue weighted by Gasteiger charge is 2.52. The molecule has 3 fully saturated rings. The molecule has 24 heavy (non-hydrogen) atoms. The highest BCUT2D eigenvalue weighted by molar-refractivity contribution is 5.75. The van der Waals surface area contributed by atoms with Gasteiger partial charge in [-0.15, -0.1) is 13.2 Å². The van der Waals surface area contributed by atoms with Gasteiger partial charge in [-0.25, -0.2) is 0 Å². The molecule has 1 N–H and O–H groups in total. The first-order valence-corrected chi connectivity index (χ1v) is 7.94. The molecule has 0 aromatic heterocycles. The van der Waals surface area contributed by atoms with Gasteiger partial charge >= 0.3 is 12.3 Å². The molecule has 0 saturated heterocycles. The van der Waals surface area contributed by atoms with E-state index < -0.39 is 17.7 Å². The molecule has 4 nitrogen and oxygen atoms in total. The van der Waals surface area contributed by atoms with Crippen LogP contribution in [0.4, 0.5) is 13.2 Å². The second-order valence-electron chi connectivity index (χ2n) is 6.90. The molecular weight excluding hydrogens is 325 g/mol. The van der Waals surface area contributed by atoms with E-state index in [1.807, 2.05) is 0 Å². The van der Waals surface area contributed by atoms with Crippen LogP contribution >= 0.6 is 0 Å². The number of ether oxygens (including phenoxy) is 2. The third kappa shape index (κ3) is 3.44. The molecule has 0 amide bonds. The lowest BCUT2D eigenvalue weighted by molar-refractivity contribution is -0.274. The summed E-state index contributed by atoms with van der Waals surface area (Å²) in [5.41, 5.74) is -0.652. The maximum atomic E-state index is 12.3. The van der Waals surface area contributed by atoms with Crippen LogP contribution in [0, 0.1) is 10.8 Å². The average molecular weight is 344 g/mol.